The van der Waals surface area contributed by atoms with E-state index in [-0.39, 0.29) is 11.7 Å². The van der Waals surface area contributed by atoms with E-state index in [0.717, 1.165) is 16.6 Å². The number of aryl methyl sites for hydroxylation is 1. The van der Waals surface area contributed by atoms with Gasteiger partial charge in [0, 0.05) is 30.0 Å². The first-order valence-corrected chi connectivity index (χ1v) is 6.86. The van der Waals surface area contributed by atoms with Crippen LogP contribution in [-0.4, -0.2) is 26.5 Å². The molecule has 116 valence electrons. The summed E-state index contributed by atoms with van der Waals surface area (Å²) in [5.41, 5.74) is 13.2. The van der Waals surface area contributed by atoms with Gasteiger partial charge in [0.1, 0.15) is 5.75 Å². The average molecular weight is 309 g/mol. The van der Waals surface area contributed by atoms with Gasteiger partial charge in [0.05, 0.1) is 16.8 Å². The lowest BCUT2D eigenvalue weighted by Gasteiger charge is -2.07. The fraction of sp³-hybridized carbons (Fsp3) is 0.0625. The maximum atomic E-state index is 12.0. The molecule has 2 heterocycles. The smallest absolute Gasteiger partial charge is 0.281 e. The molecule has 2 aromatic heterocycles. The molecule has 5 N–H and O–H groups in total. The molecule has 0 atom stereocenters. The molecule has 0 radical (unpaired) electrons. The summed E-state index contributed by atoms with van der Waals surface area (Å²) in [6.45, 7) is 1.81. The molecule has 0 bridgehead atoms. The summed E-state index contributed by atoms with van der Waals surface area (Å²) in [6, 6.07) is 6.78. The van der Waals surface area contributed by atoms with Crippen molar-refractivity contribution in [2.24, 2.45) is 16.5 Å². The summed E-state index contributed by atoms with van der Waals surface area (Å²) >= 11 is 0. The lowest BCUT2D eigenvalue weighted by atomic mass is 10.2. The number of guanidine groups is 1. The number of benzene rings is 1. The van der Waals surface area contributed by atoms with Gasteiger partial charge >= 0.3 is 0 Å². The second kappa shape index (κ2) is 5.45. The maximum absolute atomic E-state index is 12.0. The number of rotatable bonds is 2. The highest BCUT2D eigenvalue weighted by molar-refractivity contribution is 6.03. The van der Waals surface area contributed by atoms with Crippen molar-refractivity contribution in [1.29, 1.82) is 0 Å². The van der Waals surface area contributed by atoms with Crippen LogP contribution in [-0.2, 0) is 0 Å². The van der Waals surface area contributed by atoms with E-state index in [1.165, 1.54) is 0 Å². The zero-order valence-electron chi connectivity index (χ0n) is 12.4. The van der Waals surface area contributed by atoms with Gasteiger partial charge in [-0.05, 0) is 30.7 Å². The highest BCUT2D eigenvalue weighted by Gasteiger charge is 2.13. The van der Waals surface area contributed by atoms with Gasteiger partial charge in [0.15, 0.2) is 5.96 Å². The lowest BCUT2D eigenvalue weighted by molar-refractivity contribution is 0.100. The molecule has 0 fully saturated rings. The van der Waals surface area contributed by atoms with E-state index in [1.807, 2.05) is 16.8 Å². The fourth-order valence-electron chi connectivity index (χ4n) is 2.44. The summed E-state index contributed by atoms with van der Waals surface area (Å²) in [4.78, 5) is 19.8. The number of aromatic hydroxyl groups is 1. The van der Waals surface area contributed by atoms with Crippen LogP contribution in [0.2, 0.25) is 0 Å². The van der Waals surface area contributed by atoms with Crippen LogP contribution in [0.1, 0.15) is 15.9 Å². The number of hydrogen-bond donors (Lipinski definition) is 3. The third-order valence-corrected chi connectivity index (χ3v) is 3.47. The van der Waals surface area contributed by atoms with Crippen LogP contribution in [0.15, 0.2) is 47.8 Å². The Hall–Kier alpha value is -3.35. The highest BCUT2D eigenvalue weighted by atomic mass is 16.3. The van der Waals surface area contributed by atoms with Gasteiger partial charge in [0.2, 0.25) is 0 Å². The van der Waals surface area contributed by atoms with Crippen molar-refractivity contribution in [1.82, 2.24) is 9.55 Å². The standard InChI is InChI=1S/C16H15N5O2/c1-9-7-21(8-12(9)15(23)20-16(17)18)14-4-5-19-13-6-10(22)2-3-11(13)14/h2-8,22H,1H3,(H4,17,18,20,23). The average Bonchev–Trinajstić information content (AvgIpc) is 2.87. The van der Waals surface area contributed by atoms with E-state index in [9.17, 15) is 9.90 Å². The minimum Gasteiger partial charge on any atom is -0.508 e. The van der Waals surface area contributed by atoms with Crippen molar-refractivity contribution in [3.63, 3.8) is 0 Å². The van der Waals surface area contributed by atoms with Crippen molar-refractivity contribution in [3.8, 4) is 11.4 Å². The Morgan fingerprint density at radius 2 is 2.04 bits per heavy atom. The Morgan fingerprint density at radius 3 is 2.78 bits per heavy atom. The maximum Gasteiger partial charge on any atom is 0.281 e. The van der Waals surface area contributed by atoms with Gasteiger partial charge < -0.3 is 21.1 Å². The van der Waals surface area contributed by atoms with Gasteiger partial charge in [-0.15, -0.1) is 0 Å². The van der Waals surface area contributed by atoms with E-state index in [1.54, 1.807) is 37.5 Å². The predicted octanol–water partition coefficient (Wildman–Crippen LogP) is 1.45. The van der Waals surface area contributed by atoms with E-state index in [4.69, 9.17) is 11.5 Å². The predicted molar refractivity (Wildman–Crippen MR) is 87.6 cm³/mol. The van der Waals surface area contributed by atoms with Gasteiger partial charge in [-0.2, -0.15) is 4.99 Å². The van der Waals surface area contributed by atoms with Crippen molar-refractivity contribution < 1.29 is 9.90 Å². The number of carbonyl (C=O) groups is 1. The summed E-state index contributed by atoms with van der Waals surface area (Å²) in [5, 5.41) is 10.4. The van der Waals surface area contributed by atoms with Gasteiger partial charge in [-0.1, -0.05) is 0 Å². The van der Waals surface area contributed by atoms with Gasteiger partial charge in [-0.25, -0.2) is 0 Å². The van der Waals surface area contributed by atoms with Crippen LogP contribution in [0.5, 0.6) is 5.75 Å². The molecular formula is C16H15N5O2. The minimum absolute atomic E-state index is 0.148. The number of nitrogens with zero attached hydrogens (tertiary/aromatic N) is 3. The third-order valence-electron chi connectivity index (χ3n) is 3.47. The number of amides is 1. The molecule has 0 aliphatic rings. The van der Waals surface area contributed by atoms with Crippen molar-refractivity contribution >= 4 is 22.8 Å². The fourth-order valence-corrected chi connectivity index (χ4v) is 2.44. The second-order valence-electron chi connectivity index (χ2n) is 5.14. The summed E-state index contributed by atoms with van der Waals surface area (Å²) in [5.74, 6) is -0.612. The molecule has 0 saturated heterocycles. The van der Waals surface area contributed by atoms with Crippen molar-refractivity contribution in [3.05, 3.63) is 54.0 Å². The Kier molecular flexibility index (Phi) is 3.46. The first-order chi connectivity index (χ1) is 11.0. The molecule has 23 heavy (non-hydrogen) atoms. The number of fused-ring (bicyclic) bond motifs is 1. The van der Waals surface area contributed by atoms with E-state index in [0.29, 0.717) is 11.1 Å². The summed E-state index contributed by atoms with van der Waals surface area (Å²) in [7, 11) is 0. The Labute approximate surface area is 131 Å². The molecule has 3 aromatic rings. The molecule has 7 nitrogen and oxygen atoms in total. The lowest BCUT2D eigenvalue weighted by Crippen LogP contribution is -2.24. The first-order valence-electron chi connectivity index (χ1n) is 6.86. The minimum atomic E-state index is -0.489. The Balaban J connectivity index is 2.14. The van der Waals surface area contributed by atoms with Crippen molar-refractivity contribution in [2.45, 2.75) is 6.92 Å². The number of carbonyl (C=O) groups excluding carboxylic acids is 1. The normalized spacial score (nSPS) is 10.7. The Bertz CT molecular complexity index is 939. The molecular weight excluding hydrogens is 294 g/mol. The molecule has 7 heteroatoms. The monoisotopic (exact) mass is 309 g/mol. The van der Waals surface area contributed by atoms with Crippen LogP contribution in [0, 0.1) is 6.92 Å². The largest absolute Gasteiger partial charge is 0.508 e. The van der Waals surface area contributed by atoms with Crippen LogP contribution >= 0.6 is 0 Å². The van der Waals surface area contributed by atoms with E-state index < -0.39 is 5.91 Å². The van der Waals surface area contributed by atoms with Crippen LogP contribution in [0.4, 0.5) is 0 Å². The Morgan fingerprint density at radius 1 is 1.26 bits per heavy atom. The zero-order valence-corrected chi connectivity index (χ0v) is 12.4. The van der Waals surface area contributed by atoms with E-state index >= 15 is 0 Å². The molecule has 3 rings (SSSR count). The van der Waals surface area contributed by atoms with Crippen LogP contribution in [0.25, 0.3) is 16.6 Å². The summed E-state index contributed by atoms with van der Waals surface area (Å²) < 4.78 is 1.81. The number of pyridine rings is 1. The third kappa shape index (κ3) is 2.71. The van der Waals surface area contributed by atoms with Crippen LogP contribution in [0.3, 0.4) is 0 Å². The molecule has 0 saturated carbocycles. The molecule has 1 aromatic carbocycles. The molecule has 0 spiro atoms. The van der Waals surface area contributed by atoms with Gasteiger partial charge in [0.25, 0.3) is 5.91 Å². The first kappa shape index (κ1) is 14.6. The SMILES string of the molecule is Cc1cn(-c2ccnc3cc(O)ccc23)cc1C(=O)N=C(N)N. The van der Waals surface area contributed by atoms with Crippen molar-refractivity contribution in [2.75, 3.05) is 0 Å². The molecule has 0 aliphatic heterocycles. The number of phenols is 1. The van der Waals surface area contributed by atoms with E-state index in [2.05, 4.69) is 9.98 Å². The molecule has 1 amide bonds. The number of nitrogens with two attached hydrogens (primary N) is 2. The number of aliphatic imine (C=N–C) groups is 1. The molecule has 0 aliphatic carbocycles. The highest BCUT2D eigenvalue weighted by Crippen LogP contribution is 2.25. The quantitative estimate of drug-likeness (QED) is 0.489. The van der Waals surface area contributed by atoms with Gasteiger partial charge in [-0.3, -0.25) is 9.78 Å². The second-order valence-corrected chi connectivity index (χ2v) is 5.14. The topological polar surface area (TPSA) is 120 Å². The summed E-state index contributed by atoms with van der Waals surface area (Å²) in [6.07, 6.45) is 5.13. The zero-order chi connectivity index (χ0) is 16.6. The number of phenolic OH excluding ortho intramolecular Hbond substituents is 1. The van der Waals surface area contributed by atoms with Crippen LogP contribution < -0.4 is 11.5 Å². The molecule has 0 unspecified atom stereocenters. The number of hydrogen-bond acceptors (Lipinski definition) is 3. The number of aromatic nitrogens is 2.